The second-order valence-corrected chi connectivity index (χ2v) is 8.59. The van der Waals surface area contributed by atoms with Crippen molar-refractivity contribution in [3.8, 4) is 5.75 Å². The van der Waals surface area contributed by atoms with E-state index in [-0.39, 0.29) is 18.1 Å². The van der Waals surface area contributed by atoms with Crippen molar-refractivity contribution in [2.45, 2.75) is 49.0 Å². The Bertz CT molecular complexity index is 548. The fourth-order valence-electron chi connectivity index (χ4n) is 5.42. The largest absolute Gasteiger partial charge is 0.484 e. The van der Waals surface area contributed by atoms with Gasteiger partial charge in [-0.25, -0.2) is 0 Å². The molecule has 3 nitrogen and oxygen atoms in total. The van der Waals surface area contributed by atoms with Crippen LogP contribution in [-0.4, -0.2) is 24.3 Å². The first-order chi connectivity index (χ1) is 11.1. The highest BCUT2D eigenvalue weighted by Gasteiger charge is 2.51. The molecule has 0 aliphatic heterocycles. The van der Waals surface area contributed by atoms with Crippen LogP contribution in [0.15, 0.2) is 29.2 Å². The van der Waals surface area contributed by atoms with Crippen LogP contribution < -0.4 is 10.1 Å². The van der Waals surface area contributed by atoms with Crippen molar-refractivity contribution in [3.63, 3.8) is 0 Å². The number of carbonyl (C=O) groups is 1. The minimum absolute atomic E-state index is 0.0425. The minimum Gasteiger partial charge on any atom is -0.484 e. The molecule has 0 saturated heterocycles. The number of thioether (sulfide) groups is 1. The van der Waals surface area contributed by atoms with Crippen LogP contribution >= 0.6 is 11.8 Å². The average molecular weight is 331 g/mol. The molecule has 4 aliphatic rings. The normalized spacial score (nSPS) is 34.4. The number of benzene rings is 1. The minimum atomic E-state index is 0.0425. The predicted octanol–water partition coefficient (Wildman–Crippen LogP) is 3.87. The fourth-order valence-corrected chi connectivity index (χ4v) is 5.82. The summed E-state index contributed by atoms with van der Waals surface area (Å²) < 4.78 is 5.66. The van der Waals surface area contributed by atoms with E-state index in [0.29, 0.717) is 0 Å². The average Bonchev–Trinajstić information content (AvgIpc) is 2.51. The van der Waals surface area contributed by atoms with E-state index in [4.69, 9.17) is 4.74 Å². The number of carbonyl (C=O) groups excluding carboxylic acids is 1. The van der Waals surface area contributed by atoms with Gasteiger partial charge in [0.25, 0.3) is 5.91 Å². The highest BCUT2D eigenvalue weighted by molar-refractivity contribution is 7.98. The number of hydrogen-bond donors (Lipinski definition) is 1. The molecule has 1 N–H and O–H groups in total. The first-order valence-corrected chi connectivity index (χ1v) is 9.94. The smallest absolute Gasteiger partial charge is 0.258 e. The quantitative estimate of drug-likeness (QED) is 0.832. The summed E-state index contributed by atoms with van der Waals surface area (Å²) in [5.74, 6) is 3.36. The van der Waals surface area contributed by atoms with Crippen LogP contribution in [-0.2, 0) is 4.79 Å². The zero-order valence-corrected chi connectivity index (χ0v) is 14.5. The summed E-state index contributed by atoms with van der Waals surface area (Å²) in [6, 6.07) is 7.92. The van der Waals surface area contributed by atoms with Crippen molar-refractivity contribution in [1.82, 2.24) is 5.32 Å². The summed E-state index contributed by atoms with van der Waals surface area (Å²) in [7, 11) is 0. The van der Waals surface area contributed by atoms with Crippen LogP contribution in [0.5, 0.6) is 5.75 Å². The van der Waals surface area contributed by atoms with Gasteiger partial charge in [-0.1, -0.05) is 0 Å². The maximum absolute atomic E-state index is 12.4. The second-order valence-electron chi connectivity index (χ2n) is 7.71. The molecular formula is C19H25NO2S. The first-order valence-electron chi connectivity index (χ1n) is 8.72. The molecule has 4 saturated carbocycles. The third kappa shape index (κ3) is 3.23. The number of amides is 1. The lowest BCUT2D eigenvalue weighted by Crippen LogP contribution is -2.60. The Balaban J connectivity index is 1.33. The molecule has 0 radical (unpaired) electrons. The molecule has 1 aromatic carbocycles. The first kappa shape index (κ1) is 15.4. The second kappa shape index (κ2) is 6.04. The van der Waals surface area contributed by atoms with Gasteiger partial charge in [0.15, 0.2) is 6.61 Å². The Morgan fingerprint density at radius 3 is 2.22 bits per heavy atom. The van der Waals surface area contributed by atoms with E-state index < -0.39 is 0 Å². The number of hydrogen-bond acceptors (Lipinski definition) is 3. The summed E-state index contributed by atoms with van der Waals surface area (Å²) in [6.45, 7) is 0.125. The fraction of sp³-hybridized carbons (Fsp3) is 0.632. The molecule has 23 heavy (non-hydrogen) atoms. The van der Waals surface area contributed by atoms with Crippen molar-refractivity contribution in [2.24, 2.45) is 17.8 Å². The van der Waals surface area contributed by atoms with Gasteiger partial charge >= 0.3 is 0 Å². The Labute approximate surface area is 142 Å². The lowest BCUT2D eigenvalue weighted by molar-refractivity contribution is -0.128. The van der Waals surface area contributed by atoms with Crippen molar-refractivity contribution in [3.05, 3.63) is 24.3 Å². The Kier molecular flexibility index (Phi) is 4.04. The van der Waals surface area contributed by atoms with Crippen molar-refractivity contribution in [1.29, 1.82) is 0 Å². The lowest BCUT2D eigenvalue weighted by atomic mass is 9.53. The van der Waals surface area contributed by atoms with Crippen molar-refractivity contribution >= 4 is 17.7 Å². The molecule has 4 bridgehead atoms. The number of ether oxygens (including phenoxy) is 1. The van der Waals surface area contributed by atoms with Crippen molar-refractivity contribution < 1.29 is 9.53 Å². The summed E-state index contributed by atoms with van der Waals surface area (Å²) in [5.41, 5.74) is 0.0813. The van der Waals surface area contributed by atoms with Crippen molar-refractivity contribution in [2.75, 3.05) is 12.9 Å². The monoisotopic (exact) mass is 331 g/mol. The number of nitrogens with one attached hydrogen (secondary N) is 1. The molecule has 0 heterocycles. The SMILES string of the molecule is CSc1ccc(OCC(=O)NC23CC4CC(CC(C4)C2)C3)cc1. The molecule has 1 aromatic rings. The third-order valence-electron chi connectivity index (χ3n) is 5.87. The zero-order chi connectivity index (χ0) is 15.9. The maximum Gasteiger partial charge on any atom is 0.258 e. The molecule has 1 amide bonds. The van der Waals surface area contributed by atoms with Gasteiger partial charge in [0, 0.05) is 10.4 Å². The standard InChI is InChI=1S/C19H25NO2S/c1-23-17-4-2-16(3-5-17)22-12-18(21)20-19-9-13-6-14(10-19)8-15(7-13)11-19/h2-5,13-15H,6-12H2,1H3,(H,20,21). The van der Waals surface area contributed by atoms with Crippen LogP contribution in [0.25, 0.3) is 0 Å². The summed E-state index contributed by atoms with van der Waals surface area (Å²) >= 11 is 1.70. The Morgan fingerprint density at radius 1 is 1.13 bits per heavy atom. The zero-order valence-electron chi connectivity index (χ0n) is 13.7. The van der Waals surface area contributed by atoms with Gasteiger partial charge in [0.05, 0.1) is 0 Å². The lowest BCUT2D eigenvalue weighted by Gasteiger charge is -2.56. The van der Waals surface area contributed by atoms with Gasteiger partial charge in [0.1, 0.15) is 5.75 Å². The highest BCUT2D eigenvalue weighted by atomic mass is 32.2. The van der Waals surface area contributed by atoms with Gasteiger partial charge in [-0.05, 0) is 86.8 Å². The number of rotatable bonds is 5. The molecule has 0 aromatic heterocycles. The Hall–Kier alpha value is -1.16. The van der Waals surface area contributed by atoms with E-state index in [0.717, 1.165) is 23.5 Å². The highest BCUT2D eigenvalue weighted by Crippen LogP contribution is 2.55. The van der Waals surface area contributed by atoms with Crippen LogP contribution in [0.2, 0.25) is 0 Å². The maximum atomic E-state index is 12.4. The van der Waals surface area contributed by atoms with Gasteiger partial charge in [-0.3, -0.25) is 4.79 Å². The third-order valence-corrected chi connectivity index (χ3v) is 6.62. The Morgan fingerprint density at radius 2 is 1.70 bits per heavy atom. The van der Waals surface area contributed by atoms with Crippen LogP contribution in [0, 0.1) is 17.8 Å². The topological polar surface area (TPSA) is 38.3 Å². The molecule has 124 valence electrons. The molecule has 4 fully saturated rings. The van der Waals surface area contributed by atoms with E-state index in [1.807, 2.05) is 24.3 Å². The predicted molar refractivity (Wildman–Crippen MR) is 92.8 cm³/mol. The molecule has 5 rings (SSSR count). The molecule has 4 aliphatic carbocycles. The van der Waals surface area contributed by atoms with E-state index in [1.54, 1.807) is 11.8 Å². The van der Waals surface area contributed by atoms with E-state index in [2.05, 4.69) is 11.6 Å². The van der Waals surface area contributed by atoms with E-state index >= 15 is 0 Å². The van der Waals surface area contributed by atoms with Gasteiger partial charge in [0.2, 0.25) is 0 Å². The van der Waals surface area contributed by atoms with Gasteiger partial charge in [-0.2, -0.15) is 0 Å². The molecule has 0 atom stereocenters. The van der Waals surface area contributed by atoms with Crippen LogP contribution in [0.1, 0.15) is 38.5 Å². The molecule has 0 unspecified atom stereocenters. The summed E-state index contributed by atoms with van der Waals surface area (Å²) in [4.78, 5) is 13.6. The summed E-state index contributed by atoms with van der Waals surface area (Å²) in [5, 5.41) is 3.35. The van der Waals surface area contributed by atoms with Gasteiger partial charge < -0.3 is 10.1 Å². The van der Waals surface area contributed by atoms with Crippen LogP contribution in [0.4, 0.5) is 0 Å². The van der Waals surface area contributed by atoms with Gasteiger partial charge in [-0.15, -0.1) is 11.8 Å². The molecule has 4 heteroatoms. The van der Waals surface area contributed by atoms with E-state index in [9.17, 15) is 4.79 Å². The van der Waals surface area contributed by atoms with E-state index in [1.165, 1.54) is 43.4 Å². The summed E-state index contributed by atoms with van der Waals surface area (Å²) in [6.07, 6.45) is 9.80. The van der Waals surface area contributed by atoms with Crippen LogP contribution in [0.3, 0.4) is 0 Å². The molecule has 0 spiro atoms. The molecular weight excluding hydrogens is 306 g/mol.